The molecule has 1 atom stereocenters. The molecule has 5 nitrogen and oxygen atoms in total. The minimum absolute atomic E-state index is 0.217. The molecule has 0 bridgehead atoms. The maximum absolute atomic E-state index is 11.5. The van der Waals surface area contributed by atoms with Crippen LogP contribution in [0, 0.1) is 0 Å². The van der Waals surface area contributed by atoms with E-state index in [-0.39, 0.29) is 5.91 Å². The number of nitrogens with two attached hydrogens (primary N) is 1. The molecule has 1 aromatic rings. The van der Waals surface area contributed by atoms with Gasteiger partial charge in [-0.1, -0.05) is 12.2 Å². The van der Waals surface area contributed by atoms with E-state index in [0.29, 0.717) is 12.1 Å². The standard InChI is InChI=1S/C10H16N4O/c1-7(2)4-12-10(15)9(11)8-5-13-14(3)6-8/h5-6,9H,1,4,11H2,2-3H3,(H,12,15). The number of nitrogens with one attached hydrogen (secondary N) is 1. The van der Waals surface area contributed by atoms with Crippen molar-refractivity contribution in [2.24, 2.45) is 12.8 Å². The van der Waals surface area contributed by atoms with Crippen LogP contribution < -0.4 is 11.1 Å². The number of amides is 1. The van der Waals surface area contributed by atoms with E-state index in [0.717, 1.165) is 5.57 Å². The van der Waals surface area contributed by atoms with Crippen molar-refractivity contribution < 1.29 is 4.79 Å². The first-order valence-electron chi connectivity index (χ1n) is 4.67. The summed E-state index contributed by atoms with van der Waals surface area (Å²) in [6.45, 7) is 5.99. The van der Waals surface area contributed by atoms with Crippen LogP contribution in [0.1, 0.15) is 18.5 Å². The van der Waals surface area contributed by atoms with Gasteiger partial charge in [0.05, 0.1) is 6.20 Å². The number of hydrogen-bond acceptors (Lipinski definition) is 3. The molecule has 0 aliphatic heterocycles. The van der Waals surface area contributed by atoms with Gasteiger partial charge in [0.2, 0.25) is 5.91 Å². The quantitative estimate of drug-likeness (QED) is 0.690. The lowest BCUT2D eigenvalue weighted by atomic mass is 10.1. The first kappa shape index (κ1) is 11.5. The molecule has 0 saturated heterocycles. The second kappa shape index (κ2) is 4.75. The molecule has 5 heteroatoms. The molecule has 0 fully saturated rings. The second-order valence-corrected chi connectivity index (χ2v) is 3.60. The fraction of sp³-hybridized carbons (Fsp3) is 0.400. The number of carbonyl (C=O) groups is 1. The largest absolute Gasteiger partial charge is 0.351 e. The van der Waals surface area contributed by atoms with Gasteiger partial charge in [0.15, 0.2) is 0 Å². The molecule has 1 heterocycles. The van der Waals surface area contributed by atoms with E-state index in [4.69, 9.17) is 5.73 Å². The molecule has 82 valence electrons. The monoisotopic (exact) mass is 208 g/mol. The van der Waals surface area contributed by atoms with Crippen LogP contribution in [0.3, 0.4) is 0 Å². The van der Waals surface area contributed by atoms with E-state index in [1.54, 1.807) is 24.1 Å². The lowest BCUT2D eigenvalue weighted by molar-refractivity contribution is -0.122. The zero-order valence-electron chi connectivity index (χ0n) is 9.03. The molecule has 1 rings (SSSR count). The number of hydrogen-bond donors (Lipinski definition) is 2. The van der Waals surface area contributed by atoms with Crippen LogP contribution in [0.25, 0.3) is 0 Å². The van der Waals surface area contributed by atoms with Gasteiger partial charge in [-0.15, -0.1) is 0 Å². The third-order valence-corrected chi connectivity index (χ3v) is 1.93. The summed E-state index contributed by atoms with van der Waals surface area (Å²) in [5.74, 6) is -0.217. The Morgan fingerprint density at radius 1 is 1.80 bits per heavy atom. The van der Waals surface area contributed by atoms with Crippen molar-refractivity contribution in [3.05, 3.63) is 30.1 Å². The number of aromatic nitrogens is 2. The number of carbonyl (C=O) groups excluding carboxylic acids is 1. The fourth-order valence-electron chi connectivity index (χ4n) is 1.10. The van der Waals surface area contributed by atoms with Crippen LogP contribution in [-0.4, -0.2) is 22.2 Å². The van der Waals surface area contributed by atoms with Crippen LogP contribution in [0.15, 0.2) is 24.5 Å². The number of rotatable bonds is 4. The van der Waals surface area contributed by atoms with Crippen molar-refractivity contribution in [3.63, 3.8) is 0 Å². The fourth-order valence-corrected chi connectivity index (χ4v) is 1.10. The molecule has 0 aromatic carbocycles. The van der Waals surface area contributed by atoms with Gasteiger partial charge < -0.3 is 11.1 Å². The summed E-state index contributed by atoms with van der Waals surface area (Å²) in [5, 5.41) is 6.64. The highest BCUT2D eigenvalue weighted by Gasteiger charge is 2.16. The molecule has 0 saturated carbocycles. The number of aryl methyl sites for hydroxylation is 1. The van der Waals surface area contributed by atoms with E-state index in [2.05, 4.69) is 17.0 Å². The smallest absolute Gasteiger partial charge is 0.241 e. The molecule has 1 unspecified atom stereocenters. The van der Waals surface area contributed by atoms with Crippen LogP contribution in [0.4, 0.5) is 0 Å². The number of nitrogens with zero attached hydrogens (tertiary/aromatic N) is 2. The Morgan fingerprint density at radius 3 is 2.93 bits per heavy atom. The molecular formula is C10H16N4O. The molecule has 15 heavy (non-hydrogen) atoms. The summed E-state index contributed by atoms with van der Waals surface area (Å²) < 4.78 is 1.61. The molecule has 0 aliphatic carbocycles. The highest BCUT2D eigenvalue weighted by Crippen LogP contribution is 2.08. The van der Waals surface area contributed by atoms with Crippen LogP contribution >= 0.6 is 0 Å². The van der Waals surface area contributed by atoms with Gasteiger partial charge in [-0.05, 0) is 6.92 Å². The third-order valence-electron chi connectivity index (χ3n) is 1.93. The van der Waals surface area contributed by atoms with Crippen LogP contribution in [0.5, 0.6) is 0 Å². The van der Waals surface area contributed by atoms with Crippen molar-refractivity contribution in [1.29, 1.82) is 0 Å². The second-order valence-electron chi connectivity index (χ2n) is 3.60. The van der Waals surface area contributed by atoms with E-state index >= 15 is 0 Å². The highest BCUT2D eigenvalue weighted by molar-refractivity contribution is 5.82. The van der Waals surface area contributed by atoms with Gasteiger partial charge in [-0.2, -0.15) is 5.10 Å². The summed E-state index contributed by atoms with van der Waals surface area (Å²) >= 11 is 0. The Kier molecular flexibility index (Phi) is 3.62. The van der Waals surface area contributed by atoms with E-state index in [1.807, 2.05) is 6.92 Å². The first-order chi connectivity index (χ1) is 7.00. The SMILES string of the molecule is C=C(C)CNC(=O)C(N)c1cnn(C)c1. The predicted molar refractivity (Wildman–Crippen MR) is 58.0 cm³/mol. The van der Waals surface area contributed by atoms with Gasteiger partial charge in [0.1, 0.15) is 6.04 Å². The zero-order chi connectivity index (χ0) is 11.4. The summed E-state index contributed by atoms with van der Waals surface area (Å²) in [6.07, 6.45) is 3.32. The Morgan fingerprint density at radius 2 is 2.47 bits per heavy atom. The molecule has 0 radical (unpaired) electrons. The molecule has 0 aliphatic rings. The topological polar surface area (TPSA) is 72.9 Å². The van der Waals surface area contributed by atoms with Crippen molar-refractivity contribution in [1.82, 2.24) is 15.1 Å². The van der Waals surface area contributed by atoms with Crippen molar-refractivity contribution in [2.75, 3.05) is 6.54 Å². The Labute approximate surface area is 89.0 Å². The Bertz CT molecular complexity index is 369. The predicted octanol–water partition coefficient (Wildman–Crippen LogP) is 0.112. The van der Waals surface area contributed by atoms with Crippen LogP contribution in [-0.2, 0) is 11.8 Å². The summed E-state index contributed by atoms with van der Waals surface area (Å²) in [5.41, 5.74) is 7.34. The summed E-state index contributed by atoms with van der Waals surface area (Å²) in [6, 6.07) is -0.668. The summed E-state index contributed by atoms with van der Waals surface area (Å²) in [7, 11) is 1.78. The van der Waals surface area contributed by atoms with E-state index in [9.17, 15) is 4.79 Å². The average Bonchev–Trinajstić information content (AvgIpc) is 2.60. The molecule has 0 spiro atoms. The van der Waals surface area contributed by atoms with Gasteiger partial charge >= 0.3 is 0 Å². The molecule has 1 amide bonds. The highest BCUT2D eigenvalue weighted by atomic mass is 16.2. The third kappa shape index (κ3) is 3.21. The van der Waals surface area contributed by atoms with Crippen LogP contribution in [0.2, 0.25) is 0 Å². The summed E-state index contributed by atoms with van der Waals surface area (Å²) in [4.78, 5) is 11.5. The average molecular weight is 208 g/mol. The normalized spacial score (nSPS) is 12.2. The first-order valence-corrected chi connectivity index (χ1v) is 4.67. The lowest BCUT2D eigenvalue weighted by Gasteiger charge is -2.10. The van der Waals surface area contributed by atoms with E-state index in [1.165, 1.54) is 0 Å². The molecule has 3 N–H and O–H groups in total. The Hall–Kier alpha value is -1.62. The zero-order valence-corrected chi connectivity index (χ0v) is 9.03. The van der Waals surface area contributed by atoms with Crippen molar-refractivity contribution >= 4 is 5.91 Å². The molecular weight excluding hydrogens is 192 g/mol. The lowest BCUT2D eigenvalue weighted by Crippen LogP contribution is -2.34. The molecule has 1 aromatic heterocycles. The van der Waals surface area contributed by atoms with Gasteiger partial charge in [0, 0.05) is 25.4 Å². The maximum atomic E-state index is 11.5. The van der Waals surface area contributed by atoms with Crippen molar-refractivity contribution in [3.8, 4) is 0 Å². The van der Waals surface area contributed by atoms with Crippen molar-refractivity contribution in [2.45, 2.75) is 13.0 Å². The Balaban J connectivity index is 2.56. The minimum atomic E-state index is -0.668. The maximum Gasteiger partial charge on any atom is 0.241 e. The minimum Gasteiger partial charge on any atom is -0.351 e. The van der Waals surface area contributed by atoms with Gasteiger partial charge in [0.25, 0.3) is 0 Å². The van der Waals surface area contributed by atoms with E-state index < -0.39 is 6.04 Å². The van der Waals surface area contributed by atoms with Gasteiger partial charge in [-0.25, -0.2) is 0 Å². The van der Waals surface area contributed by atoms with Gasteiger partial charge in [-0.3, -0.25) is 9.48 Å².